The summed E-state index contributed by atoms with van der Waals surface area (Å²) >= 11 is 0. The van der Waals surface area contributed by atoms with Crippen LogP contribution in [0.2, 0.25) is 0 Å². The second-order valence-corrected chi connectivity index (χ2v) is 5.68. The summed E-state index contributed by atoms with van der Waals surface area (Å²) in [5.41, 5.74) is 5.72. The topological polar surface area (TPSA) is 58.7 Å². The average molecular weight is 258 g/mol. The SMILES string of the molecule is CCC1COC(C)CN1CCCC(N)(CC)CO. The lowest BCUT2D eigenvalue weighted by Crippen LogP contribution is -2.49. The molecule has 1 saturated heterocycles. The molecule has 1 heterocycles. The Kier molecular flexibility index (Phi) is 6.57. The smallest absolute Gasteiger partial charge is 0.0674 e. The van der Waals surface area contributed by atoms with Gasteiger partial charge in [-0.3, -0.25) is 4.90 Å². The molecule has 0 saturated carbocycles. The highest BCUT2D eigenvalue weighted by Crippen LogP contribution is 2.18. The third-order valence-electron chi connectivity index (χ3n) is 4.19. The van der Waals surface area contributed by atoms with E-state index in [2.05, 4.69) is 18.7 Å². The molecule has 0 bridgehead atoms. The monoisotopic (exact) mass is 258 g/mol. The normalized spacial score (nSPS) is 29.2. The number of nitrogens with two attached hydrogens (primary N) is 1. The molecule has 0 radical (unpaired) electrons. The lowest BCUT2D eigenvalue weighted by atomic mass is 9.92. The van der Waals surface area contributed by atoms with Crippen LogP contribution in [0.5, 0.6) is 0 Å². The van der Waals surface area contributed by atoms with E-state index in [4.69, 9.17) is 10.5 Å². The molecule has 0 aromatic heterocycles. The number of nitrogens with zero attached hydrogens (tertiary/aromatic N) is 1. The van der Waals surface area contributed by atoms with Crippen molar-refractivity contribution in [3.8, 4) is 0 Å². The van der Waals surface area contributed by atoms with Crippen molar-refractivity contribution in [2.45, 2.75) is 64.1 Å². The molecule has 0 amide bonds. The number of aliphatic hydroxyl groups excluding tert-OH is 1. The van der Waals surface area contributed by atoms with Gasteiger partial charge in [0.25, 0.3) is 0 Å². The molecule has 1 fully saturated rings. The number of morpholine rings is 1. The van der Waals surface area contributed by atoms with Crippen LogP contribution in [0, 0.1) is 0 Å². The highest BCUT2D eigenvalue weighted by Gasteiger charge is 2.26. The van der Waals surface area contributed by atoms with Gasteiger partial charge in [-0.05, 0) is 39.2 Å². The fraction of sp³-hybridized carbons (Fsp3) is 1.00. The molecule has 18 heavy (non-hydrogen) atoms. The number of rotatable bonds is 7. The van der Waals surface area contributed by atoms with E-state index >= 15 is 0 Å². The lowest BCUT2D eigenvalue weighted by Gasteiger charge is -2.39. The van der Waals surface area contributed by atoms with Crippen LogP contribution in [0.15, 0.2) is 0 Å². The lowest BCUT2D eigenvalue weighted by molar-refractivity contribution is -0.0566. The zero-order chi connectivity index (χ0) is 13.6. The molecule has 0 aromatic carbocycles. The molecular formula is C14H30N2O2. The third kappa shape index (κ3) is 4.50. The molecule has 3 unspecified atom stereocenters. The highest BCUT2D eigenvalue weighted by molar-refractivity contribution is 4.83. The third-order valence-corrected chi connectivity index (χ3v) is 4.19. The van der Waals surface area contributed by atoms with Gasteiger partial charge in [-0.2, -0.15) is 0 Å². The van der Waals surface area contributed by atoms with Crippen LogP contribution in [-0.2, 0) is 4.74 Å². The van der Waals surface area contributed by atoms with E-state index < -0.39 is 0 Å². The maximum Gasteiger partial charge on any atom is 0.0674 e. The van der Waals surface area contributed by atoms with E-state index in [1.54, 1.807) is 0 Å². The van der Waals surface area contributed by atoms with Gasteiger partial charge in [0.2, 0.25) is 0 Å². The first-order valence-electron chi connectivity index (χ1n) is 7.30. The van der Waals surface area contributed by atoms with E-state index in [0.717, 1.165) is 45.4 Å². The number of aliphatic hydroxyl groups is 1. The molecule has 1 aliphatic heterocycles. The molecule has 4 heteroatoms. The van der Waals surface area contributed by atoms with Crippen molar-refractivity contribution in [3.05, 3.63) is 0 Å². The first-order valence-corrected chi connectivity index (χ1v) is 7.30. The summed E-state index contributed by atoms with van der Waals surface area (Å²) in [6.07, 6.45) is 4.24. The second kappa shape index (κ2) is 7.43. The van der Waals surface area contributed by atoms with Crippen LogP contribution in [0.1, 0.15) is 46.5 Å². The molecular weight excluding hydrogens is 228 g/mol. The fourth-order valence-corrected chi connectivity index (χ4v) is 2.56. The van der Waals surface area contributed by atoms with E-state index in [9.17, 15) is 5.11 Å². The Morgan fingerprint density at radius 1 is 1.44 bits per heavy atom. The van der Waals surface area contributed by atoms with Gasteiger partial charge in [0.1, 0.15) is 0 Å². The number of ether oxygens (including phenoxy) is 1. The molecule has 0 aliphatic carbocycles. The Morgan fingerprint density at radius 2 is 2.17 bits per heavy atom. The minimum Gasteiger partial charge on any atom is -0.394 e. The van der Waals surface area contributed by atoms with Gasteiger partial charge in [-0.15, -0.1) is 0 Å². The van der Waals surface area contributed by atoms with Gasteiger partial charge in [-0.25, -0.2) is 0 Å². The standard InChI is InChI=1S/C14H30N2O2/c1-4-13-10-18-12(3)9-16(13)8-6-7-14(15,5-2)11-17/h12-13,17H,4-11,15H2,1-3H3. The van der Waals surface area contributed by atoms with E-state index in [-0.39, 0.29) is 12.1 Å². The van der Waals surface area contributed by atoms with Crippen molar-refractivity contribution >= 4 is 0 Å². The van der Waals surface area contributed by atoms with Crippen LogP contribution in [0.3, 0.4) is 0 Å². The molecule has 1 aliphatic rings. The Balaban J connectivity index is 2.36. The predicted molar refractivity (Wildman–Crippen MR) is 74.6 cm³/mol. The van der Waals surface area contributed by atoms with Gasteiger partial charge in [0.15, 0.2) is 0 Å². The van der Waals surface area contributed by atoms with Crippen molar-refractivity contribution in [2.75, 3.05) is 26.3 Å². The van der Waals surface area contributed by atoms with Gasteiger partial charge < -0.3 is 15.6 Å². The minimum atomic E-state index is -0.389. The maximum absolute atomic E-state index is 9.30. The quantitative estimate of drug-likeness (QED) is 0.724. The Hall–Kier alpha value is -0.160. The predicted octanol–water partition coefficient (Wildman–Crippen LogP) is 1.37. The van der Waals surface area contributed by atoms with Gasteiger partial charge in [-0.1, -0.05) is 13.8 Å². The van der Waals surface area contributed by atoms with E-state index in [0.29, 0.717) is 12.1 Å². The number of hydrogen-bond donors (Lipinski definition) is 2. The Morgan fingerprint density at radius 3 is 2.72 bits per heavy atom. The van der Waals surface area contributed by atoms with E-state index in [1.807, 2.05) is 6.92 Å². The van der Waals surface area contributed by atoms with Crippen molar-refractivity contribution in [1.29, 1.82) is 0 Å². The van der Waals surface area contributed by atoms with Crippen molar-refractivity contribution in [2.24, 2.45) is 5.73 Å². The summed E-state index contributed by atoms with van der Waals surface area (Å²) in [6, 6.07) is 0.545. The molecule has 3 N–H and O–H groups in total. The molecule has 3 atom stereocenters. The Bertz CT molecular complexity index is 232. The van der Waals surface area contributed by atoms with Crippen LogP contribution in [0.25, 0.3) is 0 Å². The first-order chi connectivity index (χ1) is 8.54. The molecule has 1 rings (SSSR count). The van der Waals surface area contributed by atoms with Crippen molar-refractivity contribution in [3.63, 3.8) is 0 Å². The summed E-state index contributed by atoms with van der Waals surface area (Å²) < 4.78 is 5.69. The Labute approximate surface area is 111 Å². The maximum atomic E-state index is 9.30. The average Bonchev–Trinajstić information content (AvgIpc) is 2.39. The summed E-state index contributed by atoms with van der Waals surface area (Å²) in [4.78, 5) is 2.52. The van der Waals surface area contributed by atoms with Crippen LogP contribution in [0.4, 0.5) is 0 Å². The van der Waals surface area contributed by atoms with Crippen LogP contribution in [-0.4, -0.2) is 54.0 Å². The van der Waals surface area contributed by atoms with Gasteiger partial charge in [0, 0.05) is 18.1 Å². The molecule has 108 valence electrons. The van der Waals surface area contributed by atoms with Crippen LogP contribution >= 0.6 is 0 Å². The zero-order valence-electron chi connectivity index (χ0n) is 12.2. The summed E-state index contributed by atoms with van der Waals surface area (Å²) in [5, 5.41) is 9.30. The summed E-state index contributed by atoms with van der Waals surface area (Å²) in [5.74, 6) is 0. The van der Waals surface area contributed by atoms with Crippen LogP contribution < -0.4 is 5.73 Å². The van der Waals surface area contributed by atoms with Gasteiger partial charge in [0.05, 0.1) is 19.3 Å². The minimum absolute atomic E-state index is 0.0836. The first kappa shape index (κ1) is 15.9. The largest absolute Gasteiger partial charge is 0.394 e. The highest BCUT2D eigenvalue weighted by atomic mass is 16.5. The molecule has 0 spiro atoms. The molecule has 4 nitrogen and oxygen atoms in total. The molecule has 0 aromatic rings. The zero-order valence-corrected chi connectivity index (χ0v) is 12.2. The van der Waals surface area contributed by atoms with Crippen molar-refractivity contribution < 1.29 is 9.84 Å². The summed E-state index contributed by atoms with van der Waals surface area (Å²) in [7, 11) is 0. The van der Waals surface area contributed by atoms with Crippen molar-refractivity contribution in [1.82, 2.24) is 4.90 Å². The fourth-order valence-electron chi connectivity index (χ4n) is 2.56. The second-order valence-electron chi connectivity index (χ2n) is 5.68. The number of hydrogen-bond acceptors (Lipinski definition) is 4. The van der Waals surface area contributed by atoms with Gasteiger partial charge >= 0.3 is 0 Å². The summed E-state index contributed by atoms with van der Waals surface area (Å²) in [6.45, 7) is 9.39. The van der Waals surface area contributed by atoms with E-state index in [1.165, 1.54) is 0 Å².